The van der Waals surface area contributed by atoms with Gasteiger partial charge >= 0.3 is 0 Å². The van der Waals surface area contributed by atoms with Crippen molar-refractivity contribution in [2.45, 2.75) is 102 Å². The van der Waals surface area contributed by atoms with Gasteiger partial charge in [0.2, 0.25) is 0 Å². The van der Waals surface area contributed by atoms with Gasteiger partial charge < -0.3 is 0 Å². The van der Waals surface area contributed by atoms with Crippen LogP contribution in [0.25, 0.3) is 6.08 Å². The molecule has 39 heavy (non-hydrogen) atoms. The van der Waals surface area contributed by atoms with Crippen LogP contribution in [0.4, 0.5) is 4.39 Å². The molecule has 4 heteroatoms. The number of hydrogen-bond donors (Lipinski definition) is 0. The van der Waals surface area contributed by atoms with Gasteiger partial charge in [0.15, 0.2) is 0 Å². The number of aromatic nitrogens is 2. The Balaban J connectivity index is 1.07. The number of allylic oxidation sites excluding steroid dienone is 1. The van der Waals surface area contributed by atoms with Gasteiger partial charge in [0.25, 0.3) is 0 Å². The highest BCUT2D eigenvalue weighted by molar-refractivity contribution is 5.78. The summed E-state index contributed by atoms with van der Waals surface area (Å²) >= 11 is 0. The Kier molecular flexibility index (Phi) is 9.69. The molecule has 0 N–H and O–H groups in total. The number of halogens is 1. The first-order valence-corrected chi connectivity index (χ1v) is 15.0. The van der Waals surface area contributed by atoms with Crippen LogP contribution in [-0.4, -0.2) is 15.8 Å². The van der Waals surface area contributed by atoms with Gasteiger partial charge in [-0.15, -0.1) is 0 Å². The molecule has 0 unspecified atom stereocenters. The number of hydrogen-bond acceptors (Lipinski definition) is 3. The van der Waals surface area contributed by atoms with E-state index >= 15 is 0 Å². The average molecular weight is 525 g/mol. The molecular weight excluding hydrogens is 483 g/mol. The van der Waals surface area contributed by atoms with Crippen molar-refractivity contribution >= 4 is 11.9 Å². The third-order valence-corrected chi connectivity index (χ3v) is 8.63. The number of carbonyl (C=O) groups is 1. The summed E-state index contributed by atoms with van der Waals surface area (Å²) in [6.07, 6.45) is 20.0. The zero-order valence-corrected chi connectivity index (χ0v) is 23.1. The van der Waals surface area contributed by atoms with E-state index in [-0.39, 0.29) is 11.6 Å². The molecule has 0 radical (unpaired) electrons. The molecule has 2 aliphatic carbocycles. The van der Waals surface area contributed by atoms with E-state index in [1.807, 2.05) is 12.1 Å². The van der Waals surface area contributed by atoms with Crippen LogP contribution in [0.15, 0.2) is 60.9 Å². The third-order valence-electron chi connectivity index (χ3n) is 8.63. The van der Waals surface area contributed by atoms with E-state index in [4.69, 9.17) is 4.98 Å². The maximum absolute atomic E-state index is 13.8. The fourth-order valence-electron chi connectivity index (χ4n) is 6.49. The lowest BCUT2D eigenvalue weighted by molar-refractivity contribution is -0.119. The summed E-state index contributed by atoms with van der Waals surface area (Å²) in [6, 6.07) is 15.9. The number of fused-ring (bicyclic) bond motifs is 1. The van der Waals surface area contributed by atoms with Gasteiger partial charge in [0, 0.05) is 24.3 Å². The Morgan fingerprint density at radius 1 is 0.872 bits per heavy atom. The summed E-state index contributed by atoms with van der Waals surface area (Å²) < 4.78 is 13.8. The minimum absolute atomic E-state index is 0.171. The maximum atomic E-state index is 13.8. The van der Waals surface area contributed by atoms with Gasteiger partial charge in [-0.25, -0.2) is 14.4 Å². The highest BCUT2D eigenvalue weighted by Crippen LogP contribution is 2.38. The lowest BCUT2D eigenvalue weighted by Crippen LogP contribution is -2.13. The molecule has 204 valence electrons. The Morgan fingerprint density at radius 2 is 1.64 bits per heavy atom. The van der Waals surface area contributed by atoms with Gasteiger partial charge in [-0.05, 0) is 92.9 Å². The summed E-state index contributed by atoms with van der Waals surface area (Å²) in [5, 5.41) is 0. The zero-order chi connectivity index (χ0) is 26.9. The largest absolute Gasteiger partial charge is 0.300 e. The van der Waals surface area contributed by atoms with Gasteiger partial charge in [0.05, 0.1) is 11.4 Å². The first-order chi connectivity index (χ1) is 19.2. The summed E-state index contributed by atoms with van der Waals surface area (Å²) in [6.45, 7) is 0. The predicted molar refractivity (Wildman–Crippen MR) is 156 cm³/mol. The van der Waals surface area contributed by atoms with Crippen LogP contribution in [0.2, 0.25) is 0 Å². The Labute approximate surface area is 233 Å². The number of ketones is 1. The minimum atomic E-state index is -0.171. The standard InChI is InChI=1S/C35H41FN2O/c36-33-22-3-1-12-28(33)15-9-20-31(39)19-6-11-26-10-5-18-30(24-26)27-13-7-16-29(17-8-14-27)35-32-21-2-4-23-34(32)37-25-38-35/h1-3,5,10,12,18,21-22,24-25,27,29H,4,6-9,11,13-17,19-20,23H2. The highest BCUT2D eigenvalue weighted by Gasteiger charge is 2.23. The molecule has 5 rings (SSSR count). The van der Waals surface area contributed by atoms with Crippen molar-refractivity contribution in [1.29, 1.82) is 0 Å². The number of nitrogens with zero attached hydrogens (tertiary/aromatic N) is 2. The van der Waals surface area contributed by atoms with Crippen molar-refractivity contribution in [2.75, 3.05) is 0 Å². The van der Waals surface area contributed by atoms with Crippen LogP contribution in [0, 0.1) is 5.82 Å². The second kappa shape index (κ2) is 13.8. The molecule has 2 aliphatic rings. The molecule has 0 atom stereocenters. The normalized spacial score (nSPS) is 19.2. The van der Waals surface area contributed by atoms with E-state index in [1.165, 1.54) is 72.7 Å². The fraction of sp³-hybridized carbons (Fsp3) is 0.457. The van der Waals surface area contributed by atoms with E-state index in [0.717, 1.165) is 25.7 Å². The van der Waals surface area contributed by atoms with Crippen LogP contribution in [0.1, 0.15) is 116 Å². The average Bonchev–Trinajstić information content (AvgIpc) is 2.94. The van der Waals surface area contributed by atoms with Crippen molar-refractivity contribution in [3.05, 3.63) is 100 Å². The van der Waals surface area contributed by atoms with Crippen molar-refractivity contribution in [2.24, 2.45) is 0 Å². The van der Waals surface area contributed by atoms with Gasteiger partial charge in [-0.2, -0.15) is 0 Å². The lowest BCUT2D eigenvalue weighted by atomic mass is 9.80. The molecule has 3 aromatic rings. The van der Waals surface area contributed by atoms with Crippen LogP contribution in [0.3, 0.4) is 0 Å². The molecule has 3 nitrogen and oxygen atoms in total. The summed E-state index contributed by atoms with van der Waals surface area (Å²) in [4.78, 5) is 21.7. The summed E-state index contributed by atoms with van der Waals surface area (Å²) in [5.41, 5.74) is 7.30. The fourth-order valence-corrected chi connectivity index (χ4v) is 6.49. The molecule has 2 aromatic carbocycles. The predicted octanol–water partition coefficient (Wildman–Crippen LogP) is 8.71. The van der Waals surface area contributed by atoms with E-state index in [1.54, 1.807) is 12.4 Å². The van der Waals surface area contributed by atoms with Gasteiger partial charge in [-0.3, -0.25) is 4.79 Å². The molecule has 0 spiro atoms. The van der Waals surface area contributed by atoms with Gasteiger partial charge in [0.1, 0.15) is 17.9 Å². The minimum Gasteiger partial charge on any atom is -0.300 e. The molecule has 1 fully saturated rings. The summed E-state index contributed by atoms with van der Waals surface area (Å²) in [7, 11) is 0. The van der Waals surface area contributed by atoms with Crippen molar-refractivity contribution in [3.63, 3.8) is 0 Å². The molecule has 1 heterocycles. The Hall–Kier alpha value is -3.14. The molecule has 0 aliphatic heterocycles. The van der Waals surface area contributed by atoms with Crippen LogP contribution in [0.5, 0.6) is 0 Å². The number of Topliss-reactive ketones (excluding diaryl/α,β-unsaturated/α-hetero) is 1. The molecule has 0 bridgehead atoms. The third kappa shape index (κ3) is 7.50. The van der Waals surface area contributed by atoms with E-state index in [0.29, 0.717) is 43.1 Å². The number of benzene rings is 2. The van der Waals surface area contributed by atoms with E-state index in [2.05, 4.69) is 41.4 Å². The molecule has 1 aromatic heterocycles. The monoisotopic (exact) mass is 524 g/mol. The first kappa shape index (κ1) is 27.4. The SMILES string of the molecule is O=C(CCCc1cccc(C2CCCC(c3ncnc4c3C=CCC4)CCC2)c1)CCCc1ccccc1F. The smallest absolute Gasteiger partial charge is 0.132 e. The second-order valence-corrected chi connectivity index (χ2v) is 11.4. The molecular formula is C35H41FN2O. The quantitative estimate of drug-likeness (QED) is 0.266. The number of aryl methyl sites for hydroxylation is 3. The van der Waals surface area contributed by atoms with Gasteiger partial charge in [-0.1, -0.05) is 67.5 Å². The van der Waals surface area contributed by atoms with Crippen LogP contribution in [-0.2, 0) is 24.1 Å². The topological polar surface area (TPSA) is 42.9 Å². The van der Waals surface area contributed by atoms with Crippen LogP contribution >= 0.6 is 0 Å². The second-order valence-electron chi connectivity index (χ2n) is 11.4. The maximum Gasteiger partial charge on any atom is 0.132 e. The van der Waals surface area contributed by atoms with Crippen molar-refractivity contribution in [3.8, 4) is 0 Å². The summed E-state index contributed by atoms with van der Waals surface area (Å²) in [5.74, 6) is 1.28. The van der Waals surface area contributed by atoms with Crippen molar-refractivity contribution < 1.29 is 9.18 Å². The van der Waals surface area contributed by atoms with E-state index in [9.17, 15) is 9.18 Å². The number of rotatable bonds is 10. The molecule has 0 saturated heterocycles. The first-order valence-electron chi connectivity index (χ1n) is 15.0. The van der Waals surface area contributed by atoms with Crippen LogP contribution < -0.4 is 0 Å². The molecule has 0 amide bonds. The zero-order valence-electron chi connectivity index (χ0n) is 23.1. The Morgan fingerprint density at radius 3 is 2.46 bits per heavy atom. The lowest BCUT2D eigenvalue weighted by Gasteiger charge is -2.26. The Bertz CT molecular complexity index is 1270. The molecule has 1 saturated carbocycles. The van der Waals surface area contributed by atoms with E-state index < -0.39 is 0 Å². The van der Waals surface area contributed by atoms with Crippen molar-refractivity contribution in [1.82, 2.24) is 9.97 Å². The number of carbonyl (C=O) groups excluding carboxylic acids is 1. The highest BCUT2D eigenvalue weighted by atomic mass is 19.1.